The van der Waals surface area contributed by atoms with Crippen LogP contribution in [-0.4, -0.2) is 26.1 Å². The third kappa shape index (κ3) is 2.78. The van der Waals surface area contributed by atoms with Gasteiger partial charge in [0.2, 0.25) is 0 Å². The molecule has 1 aromatic carbocycles. The van der Waals surface area contributed by atoms with Crippen molar-refractivity contribution in [2.45, 2.75) is 26.2 Å². The van der Waals surface area contributed by atoms with E-state index in [0.717, 1.165) is 14.6 Å². The molecule has 2 aromatic rings. The monoisotopic (exact) mass is 401 g/mol. The number of carboxylic acids is 1. The fraction of sp³-hybridized carbons (Fsp3) is 0.308. The number of nitrogens with zero attached hydrogens (tertiary/aromatic N) is 3. The van der Waals surface area contributed by atoms with Gasteiger partial charge in [-0.2, -0.15) is 0 Å². The molecule has 0 atom stereocenters. The molecule has 0 aliphatic rings. The maximum atomic E-state index is 11.3. The Morgan fingerprint density at radius 2 is 1.95 bits per heavy atom. The van der Waals surface area contributed by atoms with Crippen LogP contribution in [0.15, 0.2) is 27.1 Å². The van der Waals surface area contributed by atoms with Gasteiger partial charge in [0.05, 0.1) is 11.4 Å². The second-order valence-corrected chi connectivity index (χ2v) is 7.12. The van der Waals surface area contributed by atoms with Crippen LogP contribution in [0.1, 0.15) is 37.0 Å². The van der Waals surface area contributed by atoms with Gasteiger partial charge in [0, 0.05) is 14.4 Å². The van der Waals surface area contributed by atoms with Crippen LogP contribution in [0.25, 0.3) is 5.69 Å². The van der Waals surface area contributed by atoms with E-state index in [2.05, 4.69) is 42.2 Å². The molecular formula is C13H13Br2N3O2. The molecule has 1 N–H and O–H groups in total. The van der Waals surface area contributed by atoms with Gasteiger partial charge in [0.25, 0.3) is 0 Å². The zero-order chi connectivity index (χ0) is 15.1. The highest BCUT2D eigenvalue weighted by atomic mass is 79.9. The van der Waals surface area contributed by atoms with Gasteiger partial charge in [-0.1, -0.05) is 41.9 Å². The Bertz CT molecular complexity index is 675. The van der Waals surface area contributed by atoms with Crippen LogP contribution in [0, 0.1) is 0 Å². The average Bonchev–Trinajstić information content (AvgIpc) is 2.73. The summed E-state index contributed by atoms with van der Waals surface area (Å²) in [6, 6.07) is 5.60. The molecule has 0 aliphatic carbocycles. The molecule has 2 rings (SSSR count). The van der Waals surface area contributed by atoms with Crippen molar-refractivity contribution in [3.8, 4) is 5.69 Å². The quantitative estimate of drug-likeness (QED) is 0.829. The number of aromatic carboxylic acids is 1. The molecule has 20 heavy (non-hydrogen) atoms. The summed E-state index contributed by atoms with van der Waals surface area (Å²) in [5.74, 6) is -1.07. The summed E-state index contributed by atoms with van der Waals surface area (Å²) >= 11 is 6.85. The molecule has 5 nitrogen and oxygen atoms in total. The van der Waals surface area contributed by atoms with Gasteiger partial charge in [-0.05, 0) is 34.1 Å². The van der Waals surface area contributed by atoms with Crippen molar-refractivity contribution in [2.75, 3.05) is 0 Å². The van der Waals surface area contributed by atoms with Gasteiger partial charge in [-0.3, -0.25) is 0 Å². The number of rotatable bonds is 2. The summed E-state index contributed by atoms with van der Waals surface area (Å²) in [5, 5.41) is 17.1. The van der Waals surface area contributed by atoms with E-state index >= 15 is 0 Å². The maximum absolute atomic E-state index is 11.3. The van der Waals surface area contributed by atoms with Crippen LogP contribution in [-0.2, 0) is 5.41 Å². The molecule has 0 fully saturated rings. The van der Waals surface area contributed by atoms with E-state index in [1.165, 1.54) is 0 Å². The van der Waals surface area contributed by atoms with Gasteiger partial charge in [-0.15, -0.1) is 5.10 Å². The van der Waals surface area contributed by atoms with Crippen molar-refractivity contribution >= 4 is 37.8 Å². The first-order valence-corrected chi connectivity index (χ1v) is 7.45. The first-order chi connectivity index (χ1) is 9.21. The standard InChI is InChI=1S/C13H13Br2N3O2/c1-13(2,3)11-10(12(19)20)16-17-18(11)9-5-4-7(14)6-8(9)15/h4-6H,1-3H3,(H,19,20). The summed E-state index contributed by atoms with van der Waals surface area (Å²) in [4.78, 5) is 11.3. The van der Waals surface area contributed by atoms with Crippen molar-refractivity contribution in [3.05, 3.63) is 38.5 Å². The predicted octanol–water partition coefficient (Wildman–Crippen LogP) is 3.79. The highest BCUT2D eigenvalue weighted by molar-refractivity contribution is 9.11. The van der Waals surface area contributed by atoms with Crippen molar-refractivity contribution < 1.29 is 9.90 Å². The number of hydrogen-bond donors (Lipinski definition) is 1. The van der Waals surface area contributed by atoms with E-state index in [1.54, 1.807) is 4.68 Å². The Kier molecular flexibility index (Phi) is 4.02. The molecule has 0 aliphatic heterocycles. The molecule has 0 bridgehead atoms. The van der Waals surface area contributed by atoms with Crippen molar-refractivity contribution in [1.29, 1.82) is 0 Å². The number of benzene rings is 1. The van der Waals surface area contributed by atoms with Gasteiger partial charge < -0.3 is 5.11 Å². The lowest BCUT2D eigenvalue weighted by Gasteiger charge is -2.20. The SMILES string of the molecule is CC(C)(C)c1c(C(=O)O)nnn1-c1ccc(Br)cc1Br. The van der Waals surface area contributed by atoms with Crippen molar-refractivity contribution in [2.24, 2.45) is 0 Å². The van der Waals surface area contributed by atoms with E-state index in [9.17, 15) is 9.90 Å². The highest BCUT2D eigenvalue weighted by Crippen LogP contribution is 2.31. The second kappa shape index (κ2) is 5.29. The zero-order valence-corrected chi connectivity index (χ0v) is 14.4. The third-order valence-corrected chi connectivity index (χ3v) is 3.85. The molecule has 106 valence electrons. The van der Waals surface area contributed by atoms with E-state index < -0.39 is 11.4 Å². The third-order valence-electron chi connectivity index (χ3n) is 2.72. The number of hydrogen-bond acceptors (Lipinski definition) is 3. The highest BCUT2D eigenvalue weighted by Gasteiger charge is 2.30. The van der Waals surface area contributed by atoms with Crippen LogP contribution >= 0.6 is 31.9 Å². The number of carbonyl (C=O) groups is 1. The minimum Gasteiger partial charge on any atom is -0.476 e. The molecule has 0 amide bonds. The molecular weight excluding hydrogens is 390 g/mol. The molecule has 1 heterocycles. The van der Waals surface area contributed by atoms with Gasteiger partial charge >= 0.3 is 5.97 Å². The Morgan fingerprint density at radius 3 is 2.45 bits per heavy atom. The predicted molar refractivity (Wildman–Crippen MR) is 82.4 cm³/mol. The average molecular weight is 403 g/mol. The summed E-state index contributed by atoms with van der Waals surface area (Å²) in [7, 11) is 0. The van der Waals surface area contributed by atoms with Crippen LogP contribution < -0.4 is 0 Å². The van der Waals surface area contributed by atoms with E-state index in [1.807, 2.05) is 39.0 Å². The van der Waals surface area contributed by atoms with E-state index in [0.29, 0.717) is 5.69 Å². The maximum Gasteiger partial charge on any atom is 0.358 e. The van der Waals surface area contributed by atoms with Crippen LogP contribution in [0.5, 0.6) is 0 Å². The van der Waals surface area contributed by atoms with Crippen LogP contribution in [0.4, 0.5) is 0 Å². The second-order valence-electron chi connectivity index (χ2n) is 5.35. The van der Waals surface area contributed by atoms with Gasteiger partial charge in [0.1, 0.15) is 0 Å². The number of carboxylic acid groups (broad SMARTS) is 1. The van der Waals surface area contributed by atoms with E-state index in [4.69, 9.17) is 0 Å². The van der Waals surface area contributed by atoms with Crippen molar-refractivity contribution in [1.82, 2.24) is 15.0 Å². The minimum absolute atomic E-state index is 0.0210. The molecule has 1 aromatic heterocycles. The number of aromatic nitrogens is 3. The molecule has 7 heteroatoms. The zero-order valence-electron chi connectivity index (χ0n) is 11.2. The molecule has 0 saturated carbocycles. The molecule has 0 unspecified atom stereocenters. The first kappa shape index (κ1) is 15.2. The summed E-state index contributed by atoms with van der Waals surface area (Å²) in [5.41, 5.74) is 0.891. The molecule has 0 saturated heterocycles. The van der Waals surface area contributed by atoms with Crippen LogP contribution in [0.2, 0.25) is 0 Å². The Labute approximate surface area is 133 Å². The lowest BCUT2D eigenvalue weighted by Crippen LogP contribution is -2.21. The summed E-state index contributed by atoms with van der Waals surface area (Å²) < 4.78 is 3.29. The topological polar surface area (TPSA) is 68.0 Å². The molecule has 0 radical (unpaired) electrons. The van der Waals surface area contributed by atoms with E-state index in [-0.39, 0.29) is 5.69 Å². The fourth-order valence-corrected chi connectivity index (χ4v) is 3.14. The minimum atomic E-state index is -1.07. The lowest BCUT2D eigenvalue weighted by atomic mass is 9.90. The van der Waals surface area contributed by atoms with Gasteiger partial charge in [-0.25, -0.2) is 9.48 Å². The Hall–Kier alpha value is -1.21. The summed E-state index contributed by atoms with van der Waals surface area (Å²) in [6.45, 7) is 5.80. The van der Waals surface area contributed by atoms with Crippen LogP contribution in [0.3, 0.4) is 0 Å². The Balaban J connectivity index is 2.72. The first-order valence-electron chi connectivity index (χ1n) is 5.86. The normalized spacial score (nSPS) is 11.7. The summed E-state index contributed by atoms with van der Waals surface area (Å²) in [6.07, 6.45) is 0. The van der Waals surface area contributed by atoms with Gasteiger partial charge in [0.15, 0.2) is 5.69 Å². The largest absolute Gasteiger partial charge is 0.476 e. The smallest absolute Gasteiger partial charge is 0.358 e. The lowest BCUT2D eigenvalue weighted by molar-refractivity contribution is 0.0687. The van der Waals surface area contributed by atoms with Crippen molar-refractivity contribution in [3.63, 3.8) is 0 Å². The number of halogens is 2. The Morgan fingerprint density at radius 1 is 1.30 bits per heavy atom. The fourth-order valence-electron chi connectivity index (χ4n) is 1.92. The molecule has 0 spiro atoms.